The van der Waals surface area contributed by atoms with E-state index in [0.29, 0.717) is 11.1 Å². The van der Waals surface area contributed by atoms with Gasteiger partial charge in [-0.3, -0.25) is 0 Å². The van der Waals surface area contributed by atoms with E-state index in [1.807, 2.05) is 0 Å². The molecule has 0 unspecified atom stereocenters. The third-order valence-electron chi connectivity index (χ3n) is 2.34. The average Bonchev–Trinajstić information content (AvgIpc) is 2.24. The van der Waals surface area contributed by atoms with Gasteiger partial charge in [-0.1, -0.05) is 25.4 Å². The van der Waals surface area contributed by atoms with Gasteiger partial charge in [0.05, 0.1) is 0 Å². The summed E-state index contributed by atoms with van der Waals surface area (Å²) in [6.07, 6.45) is 3.30. The van der Waals surface area contributed by atoms with Crippen molar-refractivity contribution in [1.29, 1.82) is 0 Å². The lowest BCUT2D eigenvalue weighted by Gasteiger charge is -2.27. The summed E-state index contributed by atoms with van der Waals surface area (Å²) >= 11 is 6.09. The molecule has 0 aliphatic carbocycles. The van der Waals surface area contributed by atoms with Gasteiger partial charge >= 0.3 is 0 Å². The lowest BCUT2D eigenvalue weighted by Crippen LogP contribution is -2.35. The number of nitrogens with zero attached hydrogens (tertiary/aromatic N) is 4. The van der Waals surface area contributed by atoms with Crippen molar-refractivity contribution in [2.45, 2.75) is 13.8 Å². The van der Waals surface area contributed by atoms with Crippen molar-refractivity contribution in [3.05, 3.63) is 17.5 Å². The number of likely N-dealkylation sites (N-methyl/N-ethyl adjacent to an activating group) is 1. The van der Waals surface area contributed by atoms with Gasteiger partial charge in [0, 0.05) is 32.0 Å². The fraction of sp³-hybridized carbons (Fsp3) is 0.667. The fourth-order valence-corrected chi connectivity index (χ4v) is 1.80. The molecule has 0 amide bonds. The van der Waals surface area contributed by atoms with Crippen LogP contribution in [0.3, 0.4) is 0 Å². The van der Waals surface area contributed by atoms with Gasteiger partial charge in [0.15, 0.2) is 11.0 Å². The van der Waals surface area contributed by atoms with Gasteiger partial charge in [-0.25, -0.2) is 9.97 Å². The Bertz CT molecular complexity index is 341. The Morgan fingerprint density at radius 2 is 1.82 bits per heavy atom. The molecule has 0 aliphatic heterocycles. The SMILES string of the molecule is CC(C)CN(CCN(C)C)c1nccnc1Cl. The fourth-order valence-electron chi connectivity index (χ4n) is 1.57. The maximum absolute atomic E-state index is 6.09. The zero-order valence-electron chi connectivity index (χ0n) is 11.0. The molecule has 5 heteroatoms. The molecule has 0 aliphatic rings. The maximum Gasteiger partial charge on any atom is 0.171 e. The molecular weight excluding hydrogens is 236 g/mol. The van der Waals surface area contributed by atoms with Crippen LogP contribution in [-0.2, 0) is 0 Å². The Labute approximate surface area is 109 Å². The maximum atomic E-state index is 6.09. The first kappa shape index (κ1) is 14.2. The third kappa shape index (κ3) is 4.88. The standard InChI is InChI=1S/C12H21ClN4/c1-10(2)9-17(8-7-16(3)4)12-11(13)14-5-6-15-12/h5-6,10H,7-9H2,1-4H3. The van der Waals surface area contributed by atoms with E-state index in [-0.39, 0.29) is 0 Å². The van der Waals surface area contributed by atoms with E-state index in [2.05, 4.69) is 47.7 Å². The van der Waals surface area contributed by atoms with E-state index in [9.17, 15) is 0 Å². The summed E-state index contributed by atoms with van der Waals surface area (Å²) in [5, 5.41) is 0.479. The van der Waals surface area contributed by atoms with Gasteiger partial charge in [-0.05, 0) is 20.0 Å². The van der Waals surface area contributed by atoms with Crippen molar-refractivity contribution in [3.63, 3.8) is 0 Å². The number of aromatic nitrogens is 2. The van der Waals surface area contributed by atoms with Crippen LogP contribution in [0.2, 0.25) is 5.15 Å². The van der Waals surface area contributed by atoms with Crippen LogP contribution in [0.5, 0.6) is 0 Å². The summed E-state index contributed by atoms with van der Waals surface area (Å²) in [7, 11) is 4.12. The minimum absolute atomic E-state index is 0.479. The van der Waals surface area contributed by atoms with Crippen molar-refractivity contribution < 1.29 is 0 Å². The van der Waals surface area contributed by atoms with Gasteiger partial charge in [-0.15, -0.1) is 0 Å². The highest BCUT2D eigenvalue weighted by molar-refractivity contribution is 6.31. The summed E-state index contributed by atoms with van der Waals surface area (Å²) in [6, 6.07) is 0. The average molecular weight is 257 g/mol. The van der Waals surface area contributed by atoms with Crippen molar-refractivity contribution in [2.24, 2.45) is 5.92 Å². The molecule has 1 heterocycles. The van der Waals surface area contributed by atoms with Crippen LogP contribution in [0.25, 0.3) is 0 Å². The largest absolute Gasteiger partial charge is 0.353 e. The Hall–Kier alpha value is -0.870. The minimum Gasteiger partial charge on any atom is -0.353 e. The predicted molar refractivity (Wildman–Crippen MR) is 72.6 cm³/mol. The molecule has 17 heavy (non-hydrogen) atoms. The van der Waals surface area contributed by atoms with E-state index < -0.39 is 0 Å². The number of hydrogen-bond acceptors (Lipinski definition) is 4. The van der Waals surface area contributed by atoms with E-state index >= 15 is 0 Å². The lowest BCUT2D eigenvalue weighted by atomic mass is 10.2. The number of halogens is 1. The normalized spacial score (nSPS) is 11.2. The molecule has 0 fully saturated rings. The molecule has 0 N–H and O–H groups in total. The molecule has 0 spiro atoms. The Kier molecular flexibility index (Phi) is 5.65. The molecular formula is C12H21ClN4. The summed E-state index contributed by atoms with van der Waals surface area (Å²) in [5.74, 6) is 1.35. The molecule has 96 valence electrons. The molecule has 0 saturated heterocycles. The van der Waals surface area contributed by atoms with Crippen molar-refractivity contribution in [3.8, 4) is 0 Å². The number of rotatable bonds is 6. The third-order valence-corrected chi connectivity index (χ3v) is 2.60. The predicted octanol–water partition coefficient (Wildman–Crippen LogP) is 2.15. The summed E-state index contributed by atoms with van der Waals surface area (Å²) in [5.41, 5.74) is 0. The molecule has 0 saturated carbocycles. The molecule has 1 rings (SSSR count). The van der Waals surface area contributed by atoms with Crippen LogP contribution in [0.15, 0.2) is 12.4 Å². The highest BCUT2D eigenvalue weighted by Crippen LogP contribution is 2.20. The van der Waals surface area contributed by atoms with Crippen LogP contribution in [0.4, 0.5) is 5.82 Å². The second-order valence-corrected chi connectivity index (χ2v) is 5.17. The lowest BCUT2D eigenvalue weighted by molar-refractivity contribution is 0.408. The topological polar surface area (TPSA) is 32.3 Å². The first-order chi connectivity index (χ1) is 8.00. The zero-order valence-corrected chi connectivity index (χ0v) is 11.8. The molecule has 1 aromatic rings. The second-order valence-electron chi connectivity index (χ2n) is 4.81. The van der Waals surface area contributed by atoms with Crippen LogP contribution in [-0.4, -0.2) is 48.6 Å². The molecule has 0 aromatic carbocycles. The van der Waals surface area contributed by atoms with Gasteiger partial charge in [0.2, 0.25) is 0 Å². The Morgan fingerprint density at radius 3 is 2.35 bits per heavy atom. The highest BCUT2D eigenvalue weighted by Gasteiger charge is 2.13. The zero-order chi connectivity index (χ0) is 12.8. The van der Waals surface area contributed by atoms with Gasteiger partial charge < -0.3 is 9.80 Å². The first-order valence-corrected chi connectivity index (χ1v) is 6.24. The molecule has 0 radical (unpaired) electrons. The van der Waals surface area contributed by atoms with Crippen molar-refractivity contribution >= 4 is 17.4 Å². The van der Waals surface area contributed by atoms with Crippen LogP contribution in [0, 0.1) is 5.92 Å². The molecule has 0 bridgehead atoms. The summed E-state index contributed by atoms with van der Waals surface area (Å²) < 4.78 is 0. The van der Waals surface area contributed by atoms with Gasteiger partial charge in [0.25, 0.3) is 0 Å². The Morgan fingerprint density at radius 1 is 1.18 bits per heavy atom. The van der Waals surface area contributed by atoms with E-state index in [4.69, 9.17) is 11.6 Å². The van der Waals surface area contributed by atoms with E-state index in [1.54, 1.807) is 12.4 Å². The highest BCUT2D eigenvalue weighted by atomic mass is 35.5. The van der Waals surface area contributed by atoms with E-state index in [0.717, 1.165) is 25.5 Å². The number of hydrogen-bond donors (Lipinski definition) is 0. The second kappa shape index (κ2) is 6.77. The molecule has 4 nitrogen and oxygen atoms in total. The first-order valence-electron chi connectivity index (χ1n) is 5.87. The quantitative estimate of drug-likeness (QED) is 0.781. The Balaban J connectivity index is 2.78. The van der Waals surface area contributed by atoms with Crippen molar-refractivity contribution in [2.75, 3.05) is 38.6 Å². The van der Waals surface area contributed by atoms with Gasteiger partial charge in [-0.2, -0.15) is 0 Å². The van der Waals surface area contributed by atoms with Gasteiger partial charge in [0.1, 0.15) is 0 Å². The monoisotopic (exact) mass is 256 g/mol. The molecule has 0 atom stereocenters. The minimum atomic E-state index is 0.479. The summed E-state index contributed by atoms with van der Waals surface area (Å²) in [4.78, 5) is 12.7. The van der Waals surface area contributed by atoms with Crippen LogP contribution >= 0.6 is 11.6 Å². The van der Waals surface area contributed by atoms with Crippen molar-refractivity contribution in [1.82, 2.24) is 14.9 Å². The summed E-state index contributed by atoms with van der Waals surface area (Å²) in [6.45, 7) is 7.19. The van der Waals surface area contributed by atoms with Crippen LogP contribution < -0.4 is 4.90 Å². The molecule has 1 aromatic heterocycles. The smallest absolute Gasteiger partial charge is 0.171 e. The number of anilines is 1. The van der Waals surface area contributed by atoms with E-state index in [1.165, 1.54) is 0 Å². The van der Waals surface area contributed by atoms with Crippen LogP contribution in [0.1, 0.15) is 13.8 Å².